The van der Waals surface area contributed by atoms with E-state index in [4.69, 9.17) is 18.9 Å². The smallest absolute Gasteiger partial charge is 0.346 e. The number of hydrogen-bond donors (Lipinski definition) is 1. The molecule has 10 rings (SSSR count). The van der Waals surface area contributed by atoms with Crippen LogP contribution in [0.3, 0.4) is 0 Å². The zero-order chi connectivity index (χ0) is 47.0. The molecule has 0 spiro atoms. The Kier molecular flexibility index (Phi) is 11.6. The first-order valence-corrected chi connectivity index (χ1v) is 24.7. The molecule has 0 amide bonds. The van der Waals surface area contributed by atoms with E-state index in [1.165, 1.54) is 94.2 Å². The summed E-state index contributed by atoms with van der Waals surface area (Å²) < 4.78 is 21.5. The van der Waals surface area contributed by atoms with Crippen molar-refractivity contribution in [3.05, 3.63) is 129 Å². The molecule has 4 saturated carbocycles. The summed E-state index contributed by atoms with van der Waals surface area (Å²) in [6, 6.07) is 24.1. The van der Waals surface area contributed by atoms with E-state index < -0.39 is 41.6 Å². The third kappa shape index (κ3) is 7.81. The number of aliphatic hydroxyl groups is 1. The lowest BCUT2D eigenvalue weighted by Crippen LogP contribution is -2.55. The molecule has 10 heteroatoms. The number of carbonyl (C=O) groups is 5. The van der Waals surface area contributed by atoms with E-state index in [1.54, 1.807) is 6.07 Å². The van der Waals surface area contributed by atoms with Gasteiger partial charge in [-0.05, 0) is 176 Å². The lowest BCUT2D eigenvalue weighted by atomic mass is 9.42. The van der Waals surface area contributed by atoms with Crippen LogP contribution in [0.2, 0.25) is 0 Å². The molecule has 0 bridgehead atoms. The van der Waals surface area contributed by atoms with Crippen molar-refractivity contribution < 1.29 is 48.0 Å². The van der Waals surface area contributed by atoms with Crippen molar-refractivity contribution in [2.75, 3.05) is 0 Å². The molecule has 350 valence electrons. The Balaban J connectivity index is 0.925. The molecule has 4 aliphatic carbocycles. The number of esters is 5. The minimum absolute atomic E-state index is 0.0417. The van der Waals surface area contributed by atoms with Crippen molar-refractivity contribution in [2.24, 2.45) is 52.3 Å². The topological polar surface area (TPSA) is 143 Å². The second kappa shape index (κ2) is 17.2. The van der Waals surface area contributed by atoms with Crippen LogP contribution in [0, 0.1) is 52.3 Å². The first-order chi connectivity index (χ1) is 32.1. The van der Waals surface area contributed by atoms with Crippen molar-refractivity contribution in [3.8, 4) is 11.5 Å². The van der Waals surface area contributed by atoms with E-state index in [9.17, 15) is 29.1 Å². The summed E-state index contributed by atoms with van der Waals surface area (Å²) in [6.45, 7) is 12.5. The molecule has 4 aromatic carbocycles. The largest absolute Gasteiger partial charge is 0.428 e. The minimum atomic E-state index is -1.36. The zero-order valence-electron chi connectivity index (χ0n) is 39.3. The molecule has 0 radical (unpaired) electrons. The van der Waals surface area contributed by atoms with Gasteiger partial charge in [-0.3, -0.25) is 0 Å². The second-order valence-electron chi connectivity index (χ2n) is 21.8. The molecule has 2 aliphatic heterocycles. The number of rotatable bonds is 11. The summed E-state index contributed by atoms with van der Waals surface area (Å²) in [5, 5.41) is 10.0. The fourth-order valence-electron chi connectivity index (χ4n) is 14.5. The molecule has 10 unspecified atom stereocenters. The Labute approximate surface area is 393 Å². The maximum Gasteiger partial charge on any atom is 0.346 e. The monoisotopic (exact) mass is 906 g/mol. The molecular weight excluding hydrogens is 845 g/mol. The van der Waals surface area contributed by atoms with Gasteiger partial charge in [-0.25, -0.2) is 24.0 Å². The normalized spacial score (nSPS) is 30.9. The zero-order valence-corrected chi connectivity index (χ0v) is 39.3. The van der Waals surface area contributed by atoms with Gasteiger partial charge in [-0.15, -0.1) is 0 Å². The van der Waals surface area contributed by atoms with Gasteiger partial charge in [-0.1, -0.05) is 84.2 Å². The van der Waals surface area contributed by atoms with Crippen LogP contribution in [0.1, 0.15) is 186 Å². The molecule has 1 N–H and O–H groups in total. The van der Waals surface area contributed by atoms with Crippen LogP contribution in [0.15, 0.2) is 84.9 Å². The van der Waals surface area contributed by atoms with Gasteiger partial charge in [0.25, 0.3) is 0 Å². The maximum absolute atomic E-state index is 13.6. The number of hydrogen-bond acceptors (Lipinski definition) is 10. The molecule has 4 aromatic rings. The molecule has 2 heterocycles. The number of carbonyl (C=O) groups excluding carboxylic acids is 5. The van der Waals surface area contributed by atoms with Crippen LogP contribution in [0.5, 0.6) is 11.5 Å². The highest BCUT2D eigenvalue weighted by Gasteiger charge is 2.62. The van der Waals surface area contributed by atoms with Gasteiger partial charge in [0.1, 0.15) is 11.5 Å². The molecule has 10 atom stereocenters. The summed E-state index contributed by atoms with van der Waals surface area (Å²) in [4.78, 5) is 63.6. The summed E-state index contributed by atoms with van der Waals surface area (Å²) in [5.74, 6) is 2.22. The van der Waals surface area contributed by atoms with Crippen LogP contribution < -0.4 is 9.47 Å². The standard InChI is InChI=1S/C57H62O10/c1-32(2)8-6-9-33(3)46-22-23-47-43-21-16-38-31-57(27-26-55(38,4)48(43)24-25-56(46,47)5,36-14-17-39(18-15-36)64-49(58)34-12-19-41-44(28-34)53(62)66-51(41)60)37-10-7-11-40(30-37)65-50(59)35-13-20-42-45(29-35)54(63)67-52(42)61/h7,10-15,17-20,28-30,32-33,38,43,46-48,51,60H,6,8-9,16,21-27,31H2,1-5H3. The molecule has 0 aromatic heterocycles. The van der Waals surface area contributed by atoms with Crippen molar-refractivity contribution in [1.29, 1.82) is 0 Å². The van der Waals surface area contributed by atoms with Gasteiger partial charge in [0.2, 0.25) is 6.29 Å². The van der Waals surface area contributed by atoms with Crippen LogP contribution in [0.4, 0.5) is 0 Å². The summed E-state index contributed by atoms with van der Waals surface area (Å²) in [7, 11) is 0. The first kappa shape index (κ1) is 45.2. The lowest BCUT2D eigenvalue weighted by Gasteiger charge is -2.63. The molecule has 67 heavy (non-hydrogen) atoms. The van der Waals surface area contributed by atoms with Gasteiger partial charge in [0.05, 0.1) is 27.8 Å². The fraction of sp³-hybridized carbons (Fsp3) is 0.491. The van der Waals surface area contributed by atoms with Crippen LogP contribution >= 0.6 is 0 Å². The Bertz CT molecular complexity index is 2650. The van der Waals surface area contributed by atoms with E-state index in [0.717, 1.165) is 60.0 Å². The van der Waals surface area contributed by atoms with Gasteiger partial charge in [-0.2, -0.15) is 0 Å². The van der Waals surface area contributed by atoms with E-state index in [-0.39, 0.29) is 33.2 Å². The van der Waals surface area contributed by atoms with Gasteiger partial charge < -0.3 is 24.1 Å². The van der Waals surface area contributed by atoms with Crippen molar-refractivity contribution in [2.45, 2.75) is 123 Å². The van der Waals surface area contributed by atoms with Gasteiger partial charge >= 0.3 is 29.8 Å². The van der Waals surface area contributed by atoms with Crippen LogP contribution in [0.25, 0.3) is 0 Å². The minimum Gasteiger partial charge on any atom is -0.428 e. The molecule has 6 aliphatic rings. The van der Waals surface area contributed by atoms with Crippen molar-refractivity contribution in [3.63, 3.8) is 0 Å². The Morgan fingerprint density at radius 2 is 1.37 bits per heavy atom. The molecule has 4 fully saturated rings. The third-order valence-electron chi connectivity index (χ3n) is 18.0. The lowest BCUT2D eigenvalue weighted by molar-refractivity contribution is -0.122. The van der Waals surface area contributed by atoms with Crippen molar-refractivity contribution >= 4 is 29.8 Å². The summed E-state index contributed by atoms with van der Waals surface area (Å²) in [6.07, 6.45) is 13.2. The first-order valence-electron chi connectivity index (χ1n) is 24.7. The summed E-state index contributed by atoms with van der Waals surface area (Å²) >= 11 is 0. The Morgan fingerprint density at radius 1 is 0.672 bits per heavy atom. The number of ether oxygens (including phenoxy) is 4. The predicted octanol–water partition coefficient (Wildman–Crippen LogP) is 12.0. The maximum atomic E-state index is 13.6. The second-order valence-corrected chi connectivity index (χ2v) is 21.8. The number of benzene rings is 4. The predicted molar refractivity (Wildman–Crippen MR) is 250 cm³/mol. The fourth-order valence-corrected chi connectivity index (χ4v) is 14.5. The molecule has 0 saturated heterocycles. The van der Waals surface area contributed by atoms with E-state index in [0.29, 0.717) is 34.3 Å². The SMILES string of the molecule is CC(C)CCCC(C)C1CCC2C3CCC4CC(c5ccc(OC(=O)c6ccc7c(c6)C(=O)OC7O)cc5)(c5cccc(OC(=O)c6ccc7c(c6)C(=O)OC7=O)c5)CCC4(C)C3CCC12C. The number of fused-ring (bicyclic) bond motifs is 7. The van der Waals surface area contributed by atoms with Crippen LogP contribution in [-0.4, -0.2) is 35.0 Å². The third-order valence-corrected chi connectivity index (χ3v) is 18.0. The van der Waals surface area contributed by atoms with Gasteiger partial charge in [0.15, 0.2) is 0 Å². The summed E-state index contributed by atoms with van der Waals surface area (Å²) in [5.41, 5.74) is 3.17. The highest BCUT2D eigenvalue weighted by atomic mass is 16.6. The molecule has 10 nitrogen and oxygen atoms in total. The quantitative estimate of drug-likeness (QED) is 0.0878. The Morgan fingerprint density at radius 3 is 2.13 bits per heavy atom. The number of aliphatic hydroxyl groups excluding tert-OH is 1. The highest BCUT2D eigenvalue weighted by molar-refractivity contribution is 6.15. The number of cyclic esters (lactones) is 3. The van der Waals surface area contributed by atoms with Crippen molar-refractivity contribution in [1.82, 2.24) is 0 Å². The Hall–Kier alpha value is -5.61. The van der Waals surface area contributed by atoms with Gasteiger partial charge in [0, 0.05) is 11.0 Å². The average Bonchev–Trinajstić information content (AvgIpc) is 3.93. The van der Waals surface area contributed by atoms with E-state index >= 15 is 0 Å². The molecular formula is C57H62O10. The van der Waals surface area contributed by atoms with E-state index in [1.807, 2.05) is 36.4 Å². The average molecular weight is 907 g/mol. The van der Waals surface area contributed by atoms with Crippen LogP contribution in [-0.2, 0) is 14.9 Å². The highest BCUT2D eigenvalue weighted by Crippen LogP contribution is 2.70. The van der Waals surface area contributed by atoms with E-state index in [2.05, 4.69) is 40.7 Å².